The first-order chi connectivity index (χ1) is 12.6. The van der Waals surface area contributed by atoms with Gasteiger partial charge in [-0.3, -0.25) is 14.9 Å². The van der Waals surface area contributed by atoms with Crippen molar-refractivity contribution < 1.29 is 14.5 Å². The van der Waals surface area contributed by atoms with E-state index in [0.717, 1.165) is 25.7 Å². The number of ether oxygens (including phenoxy) is 1. The standard InChI is InChI=1S/C20H30N2O4/c23-20(16-26-19-14-12-18(13-15-19)22(24)25)21-17-10-8-6-4-2-1-3-5-7-9-11-17/h12-15,17H,1-11,16H2,(H,21,23). The number of rotatable bonds is 5. The van der Waals surface area contributed by atoms with Gasteiger partial charge in [-0.1, -0.05) is 57.8 Å². The number of carbonyl (C=O) groups is 1. The van der Waals surface area contributed by atoms with Crippen molar-refractivity contribution in [3.8, 4) is 5.75 Å². The molecule has 1 aliphatic carbocycles. The maximum Gasteiger partial charge on any atom is 0.269 e. The number of nitro groups is 1. The minimum atomic E-state index is -0.458. The monoisotopic (exact) mass is 362 g/mol. The normalized spacial score (nSPS) is 17.5. The fraction of sp³-hybridized carbons (Fsp3) is 0.650. The first-order valence-electron chi connectivity index (χ1n) is 9.82. The van der Waals surface area contributed by atoms with Crippen molar-refractivity contribution in [2.75, 3.05) is 6.61 Å². The Morgan fingerprint density at radius 3 is 1.96 bits per heavy atom. The summed E-state index contributed by atoms with van der Waals surface area (Å²) in [5.41, 5.74) is 0.00928. The zero-order valence-corrected chi connectivity index (χ0v) is 15.5. The summed E-state index contributed by atoms with van der Waals surface area (Å²) in [4.78, 5) is 22.4. The summed E-state index contributed by atoms with van der Waals surface area (Å²) < 4.78 is 5.45. The van der Waals surface area contributed by atoms with Crippen LogP contribution in [0.5, 0.6) is 5.75 Å². The first-order valence-corrected chi connectivity index (χ1v) is 9.82. The third-order valence-electron chi connectivity index (χ3n) is 4.89. The molecule has 6 nitrogen and oxygen atoms in total. The molecule has 2 rings (SSSR count). The molecule has 1 amide bonds. The molecule has 1 N–H and O–H groups in total. The Kier molecular flexibility index (Phi) is 8.93. The lowest BCUT2D eigenvalue weighted by atomic mass is 9.98. The molecule has 26 heavy (non-hydrogen) atoms. The average Bonchev–Trinajstić information content (AvgIpc) is 2.62. The molecule has 0 spiro atoms. The average molecular weight is 362 g/mol. The van der Waals surface area contributed by atoms with Crippen molar-refractivity contribution in [1.29, 1.82) is 0 Å². The van der Waals surface area contributed by atoms with E-state index in [1.807, 2.05) is 0 Å². The second-order valence-corrected chi connectivity index (χ2v) is 7.06. The van der Waals surface area contributed by atoms with Gasteiger partial charge in [-0.15, -0.1) is 0 Å². The molecule has 1 aliphatic rings. The highest BCUT2D eigenvalue weighted by molar-refractivity contribution is 5.77. The van der Waals surface area contributed by atoms with E-state index in [-0.39, 0.29) is 24.2 Å². The van der Waals surface area contributed by atoms with Gasteiger partial charge in [0.2, 0.25) is 0 Å². The van der Waals surface area contributed by atoms with Crippen LogP contribution in [0.3, 0.4) is 0 Å². The largest absolute Gasteiger partial charge is 0.484 e. The highest BCUT2D eigenvalue weighted by Gasteiger charge is 2.13. The number of nitrogens with zero attached hydrogens (tertiary/aromatic N) is 1. The molecule has 0 aromatic heterocycles. The number of hydrogen-bond acceptors (Lipinski definition) is 4. The summed E-state index contributed by atoms with van der Waals surface area (Å²) in [6.45, 7) is -0.0612. The third-order valence-corrected chi connectivity index (χ3v) is 4.89. The summed E-state index contributed by atoms with van der Waals surface area (Å²) in [5.74, 6) is 0.338. The van der Waals surface area contributed by atoms with Crippen molar-refractivity contribution in [2.24, 2.45) is 0 Å². The van der Waals surface area contributed by atoms with Crippen molar-refractivity contribution in [3.05, 3.63) is 34.4 Å². The lowest BCUT2D eigenvalue weighted by Gasteiger charge is -2.19. The molecule has 0 radical (unpaired) electrons. The molecule has 1 saturated carbocycles. The van der Waals surface area contributed by atoms with E-state index in [1.54, 1.807) is 0 Å². The van der Waals surface area contributed by atoms with E-state index in [2.05, 4.69) is 5.32 Å². The molecule has 0 unspecified atom stereocenters. The Balaban J connectivity index is 1.75. The van der Waals surface area contributed by atoms with Crippen LogP contribution >= 0.6 is 0 Å². The Labute approximate surface area is 155 Å². The maximum absolute atomic E-state index is 12.2. The van der Waals surface area contributed by atoms with Gasteiger partial charge in [-0.2, -0.15) is 0 Å². The van der Waals surface area contributed by atoms with Gasteiger partial charge in [0.1, 0.15) is 5.75 Å². The van der Waals surface area contributed by atoms with Crippen LogP contribution in [0.1, 0.15) is 70.6 Å². The van der Waals surface area contributed by atoms with Crippen LogP contribution < -0.4 is 10.1 Å². The van der Waals surface area contributed by atoms with Gasteiger partial charge in [0.25, 0.3) is 11.6 Å². The van der Waals surface area contributed by atoms with Gasteiger partial charge in [-0.05, 0) is 25.0 Å². The molecule has 1 aromatic carbocycles. The Bertz CT molecular complexity index is 547. The maximum atomic E-state index is 12.2. The van der Waals surface area contributed by atoms with Crippen LogP contribution in [0, 0.1) is 10.1 Å². The van der Waals surface area contributed by atoms with Gasteiger partial charge in [-0.25, -0.2) is 0 Å². The zero-order chi connectivity index (χ0) is 18.6. The molecular weight excluding hydrogens is 332 g/mol. The molecule has 6 heteroatoms. The van der Waals surface area contributed by atoms with Crippen LogP contribution in [0.25, 0.3) is 0 Å². The molecule has 1 fully saturated rings. The van der Waals surface area contributed by atoms with E-state index in [1.165, 1.54) is 69.2 Å². The van der Waals surface area contributed by atoms with Crippen molar-refractivity contribution in [1.82, 2.24) is 5.32 Å². The van der Waals surface area contributed by atoms with E-state index in [0.29, 0.717) is 5.75 Å². The summed E-state index contributed by atoms with van der Waals surface area (Å²) in [6, 6.07) is 6.01. The van der Waals surface area contributed by atoms with E-state index < -0.39 is 4.92 Å². The van der Waals surface area contributed by atoms with E-state index >= 15 is 0 Å². The number of non-ortho nitro benzene ring substituents is 1. The Hall–Kier alpha value is -2.11. The van der Waals surface area contributed by atoms with Crippen molar-refractivity contribution in [3.63, 3.8) is 0 Å². The smallest absolute Gasteiger partial charge is 0.269 e. The highest BCUT2D eigenvalue weighted by atomic mass is 16.6. The fourth-order valence-electron chi connectivity index (χ4n) is 3.39. The zero-order valence-electron chi connectivity index (χ0n) is 15.5. The number of nitrogens with one attached hydrogen (secondary N) is 1. The van der Waals surface area contributed by atoms with E-state index in [4.69, 9.17) is 4.74 Å². The van der Waals surface area contributed by atoms with Gasteiger partial charge >= 0.3 is 0 Å². The van der Waals surface area contributed by atoms with Crippen LogP contribution in [-0.2, 0) is 4.79 Å². The topological polar surface area (TPSA) is 81.5 Å². The summed E-state index contributed by atoms with van der Waals surface area (Å²) >= 11 is 0. The molecule has 1 aromatic rings. The number of benzene rings is 1. The SMILES string of the molecule is O=C(COc1ccc([N+](=O)[O-])cc1)NC1CCCCCCCCCCC1. The van der Waals surface area contributed by atoms with Gasteiger partial charge in [0.15, 0.2) is 6.61 Å². The first kappa shape index (κ1) is 20.2. The molecule has 0 saturated heterocycles. The van der Waals surface area contributed by atoms with Crippen LogP contribution in [0.15, 0.2) is 24.3 Å². The molecule has 144 valence electrons. The van der Waals surface area contributed by atoms with Crippen LogP contribution in [0.4, 0.5) is 5.69 Å². The summed E-state index contributed by atoms with van der Waals surface area (Å²) in [5, 5.41) is 13.7. The van der Waals surface area contributed by atoms with Crippen molar-refractivity contribution >= 4 is 11.6 Å². The lowest BCUT2D eigenvalue weighted by molar-refractivity contribution is -0.384. The Morgan fingerprint density at radius 1 is 0.962 bits per heavy atom. The predicted molar refractivity (Wildman–Crippen MR) is 101 cm³/mol. The second kappa shape index (κ2) is 11.5. The van der Waals surface area contributed by atoms with Gasteiger partial charge in [0, 0.05) is 18.2 Å². The second-order valence-electron chi connectivity index (χ2n) is 7.06. The van der Waals surface area contributed by atoms with Crippen LogP contribution in [0.2, 0.25) is 0 Å². The highest BCUT2D eigenvalue weighted by Crippen LogP contribution is 2.18. The fourth-order valence-corrected chi connectivity index (χ4v) is 3.39. The minimum absolute atomic E-state index is 0.00928. The molecule has 0 atom stereocenters. The number of nitro benzene ring substituents is 1. The number of amides is 1. The molecule has 0 heterocycles. The third kappa shape index (κ3) is 7.85. The Morgan fingerprint density at radius 2 is 1.46 bits per heavy atom. The number of carbonyl (C=O) groups excluding carboxylic acids is 1. The molecule has 0 bridgehead atoms. The van der Waals surface area contributed by atoms with Gasteiger partial charge in [0.05, 0.1) is 4.92 Å². The van der Waals surface area contributed by atoms with Crippen LogP contribution in [-0.4, -0.2) is 23.5 Å². The van der Waals surface area contributed by atoms with Crippen molar-refractivity contribution in [2.45, 2.75) is 76.7 Å². The quantitative estimate of drug-likeness (QED) is 0.604. The molecular formula is C20H30N2O4. The van der Waals surface area contributed by atoms with Gasteiger partial charge < -0.3 is 10.1 Å². The predicted octanol–water partition coefficient (Wildman–Crippen LogP) is 4.76. The lowest BCUT2D eigenvalue weighted by Crippen LogP contribution is -2.38. The summed E-state index contributed by atoms with van der Waals surface area (Å²) in [6.07, 6.45) is 13.5. The number of hydrogen-bond donors (Lipinski definition) is 1. The summed E-state index contributed by atoms with van der Waals surface area (Å²) in [7, 11) is 0. The minimum Gasteiger partial charge on any atom is -0.484 e. The molecule has 0 aliphatic heterocycles. The van der Waals surface area contributed by atoms with E-state index in [9.17, 15) is 14.9 Å².